The van der Waals surface area contributed by atoms with Gasteiger partial charge in [-0.3, -0.25) is 18.6 Å². The van der Waals surface area contributed by atoms with Gasteiger partial charge in [-0.25, -0.2) is 4.57 Å². The van der Waals surface area contributed by atoms with E-state index in [1.54, 1.807) is 0 Å². The van der Waals surface area contributed by atoms with E-state index < -0.39 is 300 Å². The van der Waals surface area contributed by atoms with Gasteiger partial charge in [0.05, 0.1) is 46.2 Å². The summed E-state index contributed by atoms with van der Waals surface area (Å²) in [6, 6.07) is 0. The van der Waals surface area contributed by atoms with Crippen LogP contribution >= 0.6 is 7.82 Å². The first-order valence-electron chi connectivity index (χ1n) is 42.9. The maximum absolute atomic E-state index is 14.5. The average Bonchev–Trinajstić information content (AvgIpc) is 0.762. The Morgan fingerprint density at radius 2 is 0.570 bits per heavy atom. The molecule has 7 fully saturated rings. The van der Waals surface area contributed by atoms with Gasteiger partial charge in [-0.05, 0) is 12.8 Å². The minimum Gasteiger partial charge on any atom is -0.462 e. The molecule has 7 aliphatic rings. The number of aliphatic hydroxyl groups is 23. The second-order valence-corrected chi connectivity index (χ2v) is 33.9. The highest BCUT2D eigenvalue weighted by molar-refractivity contribution is 7.47. The van der Waals surface area contributed by atoms with Crippen molar-refractivity contribution in [2.45, 2.75) is 421 Å². The molecule has 7 rings (SSSR count). The van der Waals surface area contributed by atoms with Crippen LogP contribution in [0.5, 0.6) is 0 Å². The third-order valence-electron chi connectivity index (χ3n) is 23.1. The van der Waals surface area contributed by atoms with Gasteiger partial charge in [0.25, 0.3) is 0 Å². The molecule has 6 aliphatic heterocycles. The lowest BCUT2D eigenvalue weighted by atomic mass is 9.84. The average molecular weight is 1780 g/mol. The molecule has 6 heterocycles. The van der Waals surface area contributed by atoms with Crippen LogP contribution < -0.4 is 0 Å². The van der Waals surface area contributed by atoms with E-state index in [0.717, 1.165) is 64.2 Å². The molecule has 38 atom stereocenters. The quantitative estimate of drug-likeness (QED) is 0.0154. The summed E-state index contributed by atoms with van der Waals surface area (Å²) in [4.78, 5) is 38.4. The number of phosphoric acid groups is 1. The number of unbranched alkanes of at least 4 members (excludes halogenated alkanes) is 24. The van der Waals surface area contributed by atoms with Crippen molar-refractivity contribution in [2.24, 2.45) is 0 Å². The van der Waals surface area contributed by atoms with Crippen molar-refractivity contribution in [3.63, 3.8) is 0 Å². The van der Waals surface area contributed by atoms with E-state index in [0.29, 0.717) is 25.7 Å². The number of phosphoric ester groups is 1. The molecule has 44 heteroatoms. The molecule has 43 nitrogen and oxygen atoms in total. The highest BCUT2D eigenvalue weighted by atomic mass is 31.2. The van der Waals surface area contributed by atoms with Crippen LogP contribution in [0.2, 0.25) is 0 Å². The fourth-order valence-corrected chi connectivity index (χ4v) is 16.5. The predicted octanol–water partition coefficient (Wildman–Crippen LogP) is -5.33. The standard InChI is InChI=1S/C77H139O43P/c1-3-5-7-9-11-13-15-17-19-21-23-25-27-29-46(82)105-35-39(109-47(83)30-28-26-24-22-20-18-16-14-12-10-8-6-4-2)36-108-121(103,104)120-71-67(116-73-64(100)54(90)48(84)40(31-78)110-73)61(97)58(94)62(98)68(71)117-75-66(102)57(93)53(89)45(115-75)37-106-72-63(99)56(92)52(88)44(114-72)38-107-76-69(59(95)50(86)42(33-80)112-76)119-77-70(60(96)51(87)43(34-81)113-77)118-74-65(101)55(91)49(85)41(32-79)111-74/h39-45,48-81,84-102H,3-38H2,1-2H3,(H,103,104)/t39-,40-,41-,42-,43-,44-,45-,48-,49-,50-,51-,52-,53-,54+,55+,56+,57+,58-,59+,60+,61-,62+,63+,64+,65+,66+,67-,68-,69+,70+,71-,72+,73-,74-,75-,76+,77-/m1/s1. The van der Waals surface area contributed by atoms with E-state index in [9.17, 15) is 136 Å². The first kappa shape index (κ1) is 106. The van der Waals surface area contributed by atoms with E-state index >= 15 is 0 Å². The Balaban J connectivity index is 1.05. The van der Waals surface area contributed by atoms with Crippen molar-refractivity contribution < 1.29 is 212 Å². The molecule has 1 saturated carbocycles. The van der Waals surface area contributed by atoms with Crippen LogP contribution in [0, 0.1) is 0 Å². The van der Waals surface area contributed by atoms with Crippen LogP contribution in [0.3, 0.4) is 0 Å². The maximum atomic E-state index is 14.5. The maximum Gasteiger partial charge on any atom is 0.472 e. The minimum absolute atomic E-state index is 0.0329. The van der Waals surface area contributed by atoms with Gasteiger partial charge < -0.3 is 189 Å². The fourth-order valence-electron chi connectivity index (χ4n) is 15.5. The Morgan fingerprint density at radius 3 is 0.959 bits per heavy atom. The van der Waals surface area contributed by atoms with Gasteiger partial charge in [0.1, 0.15) is 190 Å². The van der Waals surface area contributed by atoms with Crippen molar-refractivity contribution in [1.82, 2.24) is 0 Å². The Morgan fingerprint density at radius 1 is 0.298 bits per heavy atom. The lowest BCUT2D eigenvalue weighted by Crippen LogP contribution is -2.69. The van der Waals surface area contributed by atoms with Crippen molar-refractivity contribution >= 4 is 19.8 Å². The SMILES string of the molecule is CCCCCCCCCCCCCCCC(=O)OC[C@H](COP(=O)(O)O[C@@H]1[C@H](O[C@H]2O[C@H](CO)[C@@H](O)[C@H](O)[C@@H]2O)[C@H](O)[C@@H](O)[C@H](O)[C@H]1O[C@H]1O[C@H](CO[C@H]2O[C@H](CO[C@H]3O[C@H](CO)[C@@H](O)[C@H](O)[C@@H]3O[C@H]3O[C@H](CO)[C@@H](O)[C@H](O)[C@@H]3O[C@H]3O[C@H](CO)[C@@H](O)[C@H](O)[C@@H]3O)[C@@H](O)[C@H](O)[C@@H]2O)[C@@H](O)[C@H](O)[C@@H]1O)OC(=O)CCCCCCCCCCCCCCC. The molecule has 0 bridgehead atoms. The van der Waals surface area contributed by atoms with Gasteiger partial charge in [-0.1, -0.05) is 168 Å². The molecule has 24 N–H and O–H groups in total. The predicted molar refractivity (Wildman–Crippen MR) is 408 cm³/mol. The van der Waals surface area contributed by atoms with Crippen LogP contribution in [-0.4, -0.2) is 414 Å². The van der Waals surface area contributed by atoms with Crippen molar-refractivity contribution in [3.8, 4) is 0 Å². The zero-order valence-corrected chi connectivity index (χ0v) is 69.6. The number of aliphatic hydroxyl groups excluding tert-OH is 23. The molecule has 121 heavy (non-hydrogen) atoms. The Hall–Kier alpha value is -2.35. The molecule has 0 aromatic heterocycles. The lowest BCUT2D eigenvalue weighted by molar-refractivity contribution is -0.396. The molecular weight excluding hydrogens is 1640 g/mol. The highest BCUT2D eigenvalue weighted by Gasteiger charge is 2.60. The molecule has 0 amide bonds. The van der Waals surface area contributed by atoms with E-state index in [4.69, 9.17) is 75.4 Å². The highest BCUT2D eigenvalue weighted by Crippen LogP contribution is 2.49. The molecule has 0 spiro atoms. The molecule has 710 valence electrons. The van der Waals surface area contributed by atoms with Crippen LogP contribution in [-0.2, 0) is 89.5 Å². The zero-order chi connectivity index (χ0) is 88.8. The Labute approximate surface area is 702 Å². The summed E-state index contributed by atoms with van der Waals surface area (Å²) in [5.41, 5.74) is 0. The second kappa shape index (κ2) is 53.7. The first-order chi connectivity index (χ1) is 57.8. The largest absolute Gasteiger partial charge is 0.472 e. The fraction of sp³-hybridized carbons (Fsp3) is 0.974. The zero-order valence-electron chi connectivity index (χ0n) is 68.8. The number of carbonyl (C=O) groups is 2. The van der Waals surface area contributed by atoms with Crippen LogP contribution in [0.1, 0.15) is 194 Å². The topological polar surface area (TPSA) is 684 Å². The number of hydrogen-bond acceptors (Lipinski definition) is 42. The van der Waals surface area contributed by atoms with E-state index in [-0.39, 0.29) is 12.8 Å². The molecule has 1 aliphatic carbocycles. The van der Waals surface area contributed by atoms with Crippen LogP contribution in [0.15, 0.2) is 0 Å². The smallest absolute Gasteiger partial charge is 0.462 e. The number of hydrogen-bond donors (Lipinski definition) is 24. The molecular formula is C77H139O43P. The lowest BCUT2D eigenvalue weighted by Gasteiger charge is -2.49. The van der Waals surface area contributed by atoms with Crippen molar-refractivity contribution in [1.29, 1.82) is 0 Å². The number of esters is 2. The van der Waals surface area contributed by atoms with Crippen molar-refractivity contribution in [3.05, 3.63) is 0 Å². The second-order valence-electron chi connectivity index (χ2n) is 32.5. The Kier molecular flexibility index (Phi) is 46.9. The molecule has 6 saturated heterocycles. The summed E-state index contributed by atoms with van der Waals surface area (Å²) in [5, 5.41) is 252. The third kappa shape index (κ3) is 30.9. The summed E-state index contributed by atoms with van der Waals surface area (Å²) in [6.45, 7) is -3.59. The number of carbonyl (C=O) groups excluding carboxylic acids is 2. The molecule has 1 unspecified atom stereocenters. The molecule has 0 aromatic rings. The van der Waals surface area contributed by atoms with Gasteiger partial charge in [0.2, 0.25) is 0 Å². The summed E-state index contributed by atoms with van der Waals surface area (Å²) >= 11 is 0. The van der Waals surface area contributed by atoms with Gasteiger partial charge >= 0.3 is 19.8 Å². The number of ether oxygens (including phenoxy) is 14. The monoisotopic (exact) mass is 1780 g/mol. The summed E-state index contributed by atoms with van der Waals surface area (Å²) in [7, 11) is -5.90. The van der Waals surface area contributed by atoms with E-state index in [1.165, 1.54) is 77.0 Å². The van der Waals surface area contributed by atoms with Gasteiger partial charge in [0, 0.05) is 12.8 Å². The van der Waals surface area contributed by atoms with Gasteiger partial charge in [-0.15, -0.1) is 0 Å². The van der Waals surface area contributed by atoms with E-state index in [2.05, 4.69) is 13.8 Å². The van der Waals surface area contributed by atoms with Crippen molar-refractivity contribution in [2.75, 3.05) is 52.9 Å². The van der Waals surface area contributed by atoms with Crippen LogP contribution in [0.4, 0.5) is 0 Å². The normalized spacial score (nSPS) is 40.0. The number of rotatable bonds is 54. The van der Waals surface area contributed by atoms with Gasteiger partial charge in [-0.2, -0.15) is 0 Å². The summed E-state index contributed by atoms with van der Waals surface area (Å²) < 4.78 is 106. The van der Waals surface area contributed by atoms with Gasteiger partial charge in [0.15, 0.2) is 43.8 Å². The Bertz CT molecular complexity index is 2890. The minimum atomic E-state index is -5.90. The summed E-state index contributed by atoms with van der Waals surface area (Å²) in [5.74, 6) is -1.50. The van der Waals surface area contributed by atoms with E-state index in [1.807, 2.05) is 0 Å². The first-order valence-corrected chi connectivity index (χ1v) is 44.4. The molecule has 0 radical (unpaired) electrons. The third-order valence-corrected chi connectivity index (χ3v) is 24.1. The van der Waals surface area contributed by atoms with Crippen LogP contribution in [0.25, 0.3) is 0 Å². The summed E-state index contributed by atoms with van der Waals surface area (Å²) in [6.07, 6.45) is -52.6. The molecule has 0 aromatic carbocycles.